The summed E-state index contributed by atoms with van der Waals surface area (Å²) in [6, 6.07) is 13.8. The number of ether oxygens (including phenoxy) is 2. The topological polar surface area (TPSA) is 175 Å². The van der Waals surface area contributed by atoms with Gasteiger partial charge >= 0.3 is 24.1 Å². The smallest absolute Gasteiger partial charge is 0.411 e. The van der Waals surface area contributed by atoms with Crippen molar-refractivity contribution < 1.29 is 38.9 Å². The van der Waals surface area contributed by atoms with Crippen molar-refractivity contribution in [1.29, 1.82) is 0 Å². The van der Waals surface area contributed by atoms with Crippen LogP contribution in [0.4, 0.5) is 9.59 Å². The largest absolute Gasteiger partial charge is 0.480 e. The maximum Gasteiger partial charge on any atom is 0.411 e. The zero-order valence-corrected chi connectivity index (χ0v) is 43.6. The first kappa shape index (κ1) is 54.9. The van der Waals surface area contributed by atoms with Gasteiger partial charge in [0.1, 0.15) is 28.7 Å². The van der Waals surface area contributed by atoms with Crippen LogP contribution in [0, 0.1) is 0 Å². The molecule has 4 atom stereocenters. The van der Waals surface area contributed by atoms with Gasteiger partial charge in [-0.05, 0) is 169 Å². The molecule has 3 N–H and O–H groups in total. The molecule has 2 aliphatic carbocycles. The molecule has 4 heterocycles. The number of carboxylic acids is 2. The zero-order valence-electron chi connectivity index (χ0n) is 38.1. The summed E-state index contributed by atoms with van der Waals surface area (Å²) in [5, 5.41) is 23.1. The van der Waals surface area contributed by atoms with E-state index in [9.17, 15) is 24.3 Å². The number of amides is 2. The van der Waals surface area contributed by atoms with E-state index in [0.29, 0.717) is 24.7 Å². The number of fused-ring (bicyclic) bond motifs is 4. The van der Waals surface area contributed by atoms with Crippen molar-refractivity contribution in [3.63, 3.8) is 0 Å². The Balaban J connectivity index is 0.000000208. The van der Waals surface area contributed by atoms with Gasteiger partial charge in [0.2, 0.25) is 0 Å². The van der Waals surface area contributed by atoms with Crippen LogP contribution in [0.25, 0.3) is 0 Å². The highest BCUT2D eigenvalue weighted by Gasteiger charge is 2.42. The van der Waals surface area contributed by atoms with Crippen molar-refractivity contribution in [1.82, 2.24) is 30.0 Å². The molecule has 0 saturated carbocycles. The lowest BCUT2D eigenvalue weighted by atomic mass is 9.95. The van der Waals surface area contributed by atoms with Crippen LogP contribution in [-0.2, 0) is 44.7 Å². The van der Waals surface area contributed by atoms with E-state index in [1.807, 2.05) is 36.4 Å². The number of aryl methyl sites for hydroxylation is 4. The lowest BCUT2D eigenvalue weighted by Crippen LogP contribution is -2.59. The van der Waals surface area contributed by atoms with Crippen molar-refractivity contribution in [3.8, 4) is 0 Å². The summed E-state index contributed by atoms with van der Waals surface area (Å²) in [6.07, 6.45) is 5.92. The summed E-state index contributed by atoms with van der Waals surface area (Å²) >= 11 is 25.9. The number of alkyl halides is 1. The minimum absolute atomic E-state index is 0. The lowest BCUT2D eigenvalue weighted by Gasteiger charge is -2.43. The Kier molecular flexibility index (Phi) is 18.8. The van der Waals surface area contributed by atoms with Gasteiger partial charge in [-0.25, -0.2) is 19.2 Å². The van der Waals surface area contributed by atoms with E-state index in [1.54, 1.807) is 53.9 Å². The molecule has 8 rings (SSSR count). The molecule has 2 amide bonds. The Morgan fingerprint density at radius 1 is 0.676 bits per heavy atom. The fraction of sp³-hybridized carbons (Fsp3) is 0.469. The average Bonchev–Trinajstić information content (AvgIpc) is 3.49. The predicted octanol–water partition coefficient (Wildman–Crippen LogP) is 10.5. The molecule has 68 heavy (non-hydrogen) atoms. The van der Waals surface area contributed by atoms with Gasteiger partial charge in [-0.3, -0.25) is 24.7 Å². The molecule has 2 saturated heterocycles. The van der Waals surface area contributed by atoms with Crippen LogP contribution in [0.15, 0.2) is 69.9 Å². The number of halogens is 5. The van der Waals surface area contributed by atoms with Crippen LogP contribution in [0.1, 0.15) is 105 Å². The van der Waals surface area contributed by atoms with Gasteiger partial charge in [0.15, 0.2) is 0 Å². The van der Waals surface area contributed by atoms with E-state index in [1.165, 1.54) is 20.9 Å². The molecule has 14 nitrogen and oxygen atoms in total. The molecule has 2 fully saturated rings. The quantitative estimate of drug-likeness (QED) is 0.166. The van der Waals surface area contributed by atoms with Crippen molar-refractivity contribution >= 4 is 90.8 Å². The minimum Gasteiger partial charge on any atom is -0.480 e. The number of nitrogens with zero attached hydrogens (tertiary/aromatic N) is 5. The van der Waals surface area contributed by atoms with Crippen LogP contribution < -0.4 is 5.32 Å². The molecule has 0 spiro atoms. The standard InChI is InChI=1S/C24H27BrClN3O4.C14H10BrCl2N.C10H18N2O4.CH4/c1-24(2,3)33-23(32)29-9-8-28(13-19(29)22(30)31)21-18-7-6-17(26)11-14(18)4-5-15-10-16(25)12-27-20(15)21;15-10-5-9-2-1-8-6-11(16)3-4-12(8)13(17)14(9)18-7-10;1-10(2,3)16-9(15)12-5-4-11-6-7(12)8(13)14;/h6-7,10-12,19,21H,4-5,8-9,13H2,1-3H3,(H,30,31);3-7,13H,1-2H2;7,11H,4-6H2,1-3H3,(H,13,14);1H4/t;;7-;/m..1./s1. The molecule has 368 valence electrons. The maximum absolute atomic E-state index is 12.7. The first-order valence-corrected chi connectivity index (χ1v) is 24.7. The summed E-state index contributed by atoms with van der Waals surface area (Å²) < 4.78 is 12.5. The second-order valence-corrected chi connectivity index (χ2v) is 21.7. The fourth-order valence-corrected chi connectivity index (χ4v) is 9.97. The number of nitrogens with one attached hydrogen (secondary N) is 1. The monoisotopic (exact) mass is 1120 g/mol. The highest BCUT2D eigenvalue weighted by molar-refractivity contribution is 9.10. The number of benzene rings is 2. The number of rotatable bonds is 3. The van der Waals surface area contributed by atoms with Gasteiger partial charge in [0.25, 0.3) is 0 Å². The van der Waals surface area contributed by atoms with Gasteiger partial charge < -0.3 is 25.0 Å². The minimum atomic E-state index is -1.06. The maximum atomic E-state index is 12.7. The lowest BCUT2D eigenvalue weighted by molar-refractivity contribution is -0.146. The third-order valence-electron chi connectivity index (χ3n) is 11.4. The van der Waals surface area contributed by atoms with Crippen molar-refractivity contribution in [2.24, 2.45) is 0 Å². The Bertz CT molecular complexity index is 2380. The highest BCUT2D eigenvalue weighted by atomic mass is 79.9. The number of aliphatic carboxylic acids is 2. The average molecular weight is 1130 g/mol. The second kappa shape index (κ2) is 23.3. The predicted molar refractivity (Wildman–Crippen MR) is 271 cm³/mol. The van der Waals surface area contributed by atoms with Crippen LogP contribution in [0.3, 0.4) is 0 Å². The third kappa shape index (κ3) is 14.1. The van der Waals surface area contributed by atoms with Crippen LogP contribution in [-0.4, -0.2) is 122 Å². The summed E-state index contributed by atoms with van der Waals surface area (Å²) in [5.41, 5.74) is 7.42. The van der Waals surface area contributed by atoms with Gasteiger partial charge in [0.05, 0.1) is 17.4 Å². The normalized spacial score (nSPS) is 20.0. The van der Waals surface area contributed by atoms with E-state index in [4.69, 9.17) is 54.4 Å². The van der Waals surface area contributed by atoms with Crippen LogP contribution >= 0.6 is 66.7 Å². The molecule has 2 aromatic heterocycles. The molecule has 4 aromatic rings. The van der Waals surface area contributed by atoms with E-state index in [-0.39, 0.29) is 38.5 Å². The van der Waals surface area contributed by atoms with Crippen molar-refractivity contribution in [3.05, 3.63) is 125 Å². The first-order chi connectivity index (χ1) is 31.5. The van der Waals surface area contributed by atoms with E-state index in [0.717, 1.165) is 73.3 Å². The number of carbonyl (C=O) groups is 4. The van der Waals surface area contributed by atoms with Gasteiger partial charge in [-0.1, -0.05) is 42.8 Å². The molecule has 19 heteroatoms. The molecule has 0 radical (unpaired) electrons. The molecule has 2 aromatic carbocycles. The van der Waals surface area contributed by atoms with E-state index < -0.39 is 47.4 Å². The molecular formula is C49H59Br2Cl3N6O8. The number of hydrogen-bond acceptors (Lipinski definition) is 10. The molecular weight excluding hydrogens is 1070 g/mol. The van der Waals surface area contributed by atoms with Crippen molar-refractivity contribution in [2.45, 2.75) is 109 Å². The Morgan fingerprint density at radius 3 is 1.68 bits per heavy atom. The summed E-state index contributed by atoms with van der Waals surface area (Å²) in [6.45, 7) is 12.7. The molecule has 3 unspecified atom stereocenters. The van der Waals surface area contributed by atoms with E-state index in [2.05, 4.69) is 59.2 Å². The number of carboxylic acid groups (broad SMARTS) is 2. The first-order valence-electron chi connectivity index (χ1n) is 21.9. The number of hydrogen-bond donors (Lipinski definition) is 3. The Labute approximate surface area is 430 Å². The fourth-order valence-electron chi connectivity index (χ4n) is 8.41. The van der Waals surface area contributed by atoms with Gasteiger partial charge in [0, 0.05) is 70.7 Å². The van der Waals surface area contributed by atoms with Gasteiger partial charge in [-0.2, -0.15) is 0 Å². The highest BCUT2D eigenvalue weighted by Crippen LogP contribution is 2.40. The number of pyridine rings is 2. The Hall–Kier alpha value is -4.03. The summed E-state index contributed by atoms with van der Waals surface area (Å²) in [5.74, 6) is -2.07. The molecule has 0 bridgehead atoms. The van der Waals surface area contributed by atoms with E-state index >= 15 is 0 Å². The summed E-state index contributed by atoms with van der Waals surface area (Å²) in [7, 11) is 0. The summed E-state index contributed by atoms with van der Waals surface area (Å²) in [4.78, 5) is 61.5. The molecule has 4 aliphatic rings. The van der Waals surface area contributed by atoms with Gasteiger partial charge in [-0.15, -0.1) is 11.6 Å². The SMILES string of the molecule is C.CC(C)(C)OC(=O)N1CCN(C2c3ccc(Cl)cc3CCc3cc(Br)cnc32)CC1C(=O)O.CC(C)(C)OC(=O)N1CCNC[C@@H]1C(=O)O.Clc1ccc2c(c1)CCc1cc(Br)cnc1C2Cl. The van der Waals surface area contributed by atoms with Crippen molar-refractivity contribution in [2.75, 3.05) is 39.3 Å². The van der Waals surface area contributed by atoms with Crippen LogP contribution in [0.5, 0.6) is 0 Å². The zero-order chi connectivity index (χ0) is 49.0. The Morgan fingerprint density at radius 2 is 1.15 bits per heavy atom. The number of carbonyl (C=O) groups excluding carboxylic acids is 2. The number of piperazine rings is 2. The second-order valence-electron chi connectivity index (χ2n) is 18.6. The number of aromatic nitrogens is 2. The van der Waals surface area contributed by atoms with Crippen LogP contribution in [0.2, 0.25) is 10.0 Å². The third-order valence-corrected chi connectivity index (χ3v) is 13.2. The molecule has 2 aliphatic heterocycles.